The summed E-state index contributed by atoms with van der Waals surface area (Å²) in [7, 11) is 0. The summed E-state index contributed by atoms with van der Waals surface area (Å²) in [5, 5.41) is 8.66. The molecule has 0 fully saturated rings. The SMILES string of the molecule is C\C=C/C=C\C(=C\CC)C(=O)O. The van der Waals surface area contributed by atoms with Gasteiger partial charge in [-0.25, -0.2) is 4.79 Å². The van der Waals surface area contributed by atoms with E-state index in [1.807, 2.05) is 19.9 Å². The van der Waals surface area contributed by atoms with Crippen LogP contribution in [0, 0.1) is 0 Å². The largest absolute Gasteiger partial charge is 0.478 e. The highest BCUT2D eigenvalue weighted by Crippen LogP contribution is 1.99. The molecule has 0 aliphatic rings. The molecule has 12 heavy (non-hydrogen) atoms. The van der Waals surface area contributed by atoms with Gasteiger partial charge in [-0.15, -0.1) is 0 Å². The van der Waals surface area contributed by atoms with Crippen molar-refractivity contribution in [2.24, 2.45) is 0 Å². The van der Waals surface area contributed by atoms with Gasteiger partial charge in [0.15, 0.2) is 0 Å². The lowest BCUT2D eigenvalue weighted by Gasteiger charge is -1.91. The zero-order chi connectivity index (χ0) is 9.40. The van der Waals surface area contributed by atoms with Crippen LogP contribution < -0.4 is 0 Å². The fraction of sp³-hybridized carbons (Fsp3) is 0.300. The molecule has 0 rings (SSSR count). The number of carboxylic acid groups (broad SMARTS) is 1. The minimum Gasteiger partial charge on any atom is -0.478 e. The molecule has 0 aliphatic heterocycles. The number of rotatable bonds is 4. The van der Waals surface area contributed by atoms with Gasteiger partial charge in [0.05, 0.1) is 5.57 Å². The van der Waals surface area contributed by atoms with Crippen LogP contribution in [0.3, 0.4) is 0 Å². The van der Waals surface area contributed by atoms with Crippen molar-refractivity contribution in [1.82, 2.24) is 0 Å². The van der Waals surface area contributed by atoms with Gasteiger partial charge in [0.2, 0.25) is 0 Å². The van der Waals surface area contributed by atoms with E-state index in [2.05, 4.69) is 0 Å². The van der Waals surface area contributed by atoms with E-state index in [1.54, 1.807) is 24.3 Å². The van der Waals surface area contributed by atoms with E-state index in [1.165, 1.54) is 0 Å². The fourth-order valence-corrected chi connectivity index (χ4v) is 0.717. The zero-order valence-electron chi connectivity index (χ0n) is 7.45. The molecule has 0 radical (unpaired) electrons. The van der Waals surface area contributed by atoms with Gasteiger partial charge >= 0.3 is 5.97 Å². The molecule has 0 amide bonds. The van der Waals surface area contributed by atoms with E-state index in [9.17, 15) is 4.79 Å². The molecule has 1 N–H and O–H groups in total. The Labute approximate surface area is 72.9 Å². The highest BCUT2D eigenvalue weighted by Gasteiger charge is 1.99. The average Bonchev–Trinajstić information content (AvgIpc) is 2.03. The van der Waals surface area contributed by atoms with Gasteiger partial charge in [0.25, 0.3) is 0 Å². The predicted octanol–water partition coefficient (Wildman–Crippen LogP) is 2.54. The second-order valence-corrected chi connectivity index (χ2v) is 2.26. The Hall–Kier alpha value is -1.31. The van der Waals surface area contributed by atoms with E-state index in [-0.39, 0.29) is 0 Å². The van der Waals surface area contributed by atoms with E-state index in [0.717, 1.165) is 6.42 Å². The van der Waals surface area contributed by atoms with Crippen LogP contribution in [-0.2, 0) is 4.79 Å². The van der Waals surface area contributed by atoms with Gasteiger partial charge in [0.1, 0.15) is 0 Å². The van der Waals surface area contributed by atoms with Crippen LogP contribution in [0.2, 0.25) is 0 Å². The zero-order valence-corrected chi connectivity index (χ0v) is 7.45. The van der Waals surface area contributed by atoms with Crippen LogP contribution in [0.15, 0.2) is 36.0 Å². The number of allylic oxidation sites excluding steroid dienone is 4. The quantitative estimate of drug-likeness (QED) is 0.514. The van der Waals surface area contributed by atoms with Gasteiger partial charge in [-0.2, -0.15) is 0 Å². The molecule has 0 spiro atoms. The molecule has 0 unspecified atom stereocenters. The number of aliphatic carboxylic acids is 1. The maximum atomic E-state index is 10.5. The first-order valence-electron chi connectivity index (χ1n) is 3.95. The summed E-state index contributed by atoms with van der Waals surface area (Å²) in [6, 6.07) is 0. The molecule has 0 aromatic rings. The highest BCUT2D eigenvalue weighted by molar-refractivity contribution is 5.89. The molecule has 0 heterocycles. The molecule has 0 saturated carbocycles. The standard InChI is InChI=1S/C10H14O2/c1-3-5-6-8-9(7-4-2)10(11)12/h3,5-8H,4H2,1-2H3,(H,11,12)/b5-3-,8-6-,9-7-. The molecule has 66 valence electrons. The van der Waals surface area contributed by atoms with Crippen molar-refractivity contribution in [2.75, 3.05) is 0 Å². The second kappa shape index (κ2) is 6.40. The summed E-state index contributed by atoms with van der Waals surface area (Å²) in [5.74, 6) is -0.877. The molecule has 0 aromatic carbocycles. The maximum absolute atomic E-state index is 10.5. The lowest BCUT2D eigenvalue weighted by molar-refractivity contribution is -0.132. The lowest BCUT2D eigenvalue weighted by atomic mass is 10.2. The molecular weight excluding hydrogens is 152 g/mol. The third-order valence-corrected chi connectivity index (χ3v) is 1.25. The Morgan fingerprint density at radius 1 is 1.42 bits per heavy atom. The number of hydrogen-bond acceptors (Lipinski definition) is 1. The summed E-state index contributed by atoms with van der Waals surface area (Å²) < 4.78 is 0. The van der Waals surface area contributed by atoms with Gasteiger partial charge < -0.3 is 5.11 Å². The Morgan fingerprint density at radius 3 is 2.50 bits per heavy atom. The number of hydrogen-bond donors (Lipinski definition) is 1. The highest BCUT2D eigenvalue weighted by atomic mass is 16.4. The van der Waals surface area contributed by atoms with E-state index in [4.69, 9.17) is 5.11 Å². The normalized spacial score (nSPS) is 13.0. The third-order valence-electron chi connectivity index (χ3n) is 1.25. The number of carbonyl (C=O) groups is 1. The Balaban J connectivity index is 4.34. The maximum Gasteiger partial charge on any atom is 0.335 e. The van der Waals surface area contributed by atoms with Crippen LogP contribution in [0.1, 0.15) is 20.3 Å². The monoisotopic (exact) mass is 166 g/mol. The lowest BCUT2D eigenvalue weighted by Crippen LogP contribution is -1.96. The topological polar surface area (TPSA) is 37.3 Å². The average molecular weight is 166 g/mol. The van der Waals surface area contributed by atoms with Gasteiger partial charge in [0, 0.05) is 0 Å². The van der Waals surface area contributed by atoms with Crippen LogP contribution in [-0.4, -0.2) is 11.1 Å². The molecule has 0 aliphatic carbocycles. The molecule has 2 nitrogen and oxygen atoms in total. The Bertz CT molecular complexity index is 222. The molecule has 2 heteroatoms. The fourth-order valence-electron chi connectivity index (χ4n) is 0.717. The van der Waals surface area contributed by atoms with Crippen LogP contribution in [0.4, 0.5) is 0 Å². The van der Waals surface area contributed by atoms with E-state index in [0.29, 0.717) is 5.57 Å². The van der Waals surface area contributed by atoms with Crippen molar-refractivity contribution >= 4 is 5.97 Å². The molecule has 0 bridgehead atoms. The van der Waals surface area contributed by atoms with Crippen molar-refractivity contribution in [3.8, 4) is 0 Å². The minimum absolute atomic E-state index is 0.343. The van der Waals surface area contributed by atoms with Crippen molar-refractivity contribution in [3.05, 3.63) is 36.0 Å². The first kappa shape index (κ1) is 10.7. The van der Waals surface area contributed by atoms with Crippen LogP contribution >= 0.6 is 0 Å². The molecular formula is C10H14O2. The summed E-state index contributed by atoms with van der Waals surface area (Å²) in [5.41, 5.74) is 0.343. The van der Waals surface area contributed by atoms with Crippen molar-refractivity contribution in [2.45, 2.75) is 20.3 Å². The van der Waals surface area contributed by atoms with Gasteiger partial charge in [-0.3, -0.25) is 0 Å². The Morgan fingerprint density at radius 2 is 2.08 bits per heavy atom. The first-order chi connectivity index (χ1) is 5.72. The first-order valence-corrected chi connectivity index (χ1v) is 3.95. The summed E-state index contributed by atoms with van der Waals surface area (Å²) in [4.78, 5) is 10.5. The van der Waals surface area contributed by atoms with Crippen LogP contribution in [0.5, 0.6) is 0 Å². The second-order valence-electron chi connectivity index (χ2n) is 2.26. The van der Waals surface area contributed by atoms with E-state index >= 15 is 0 Å². The molecule has 0 saturated heterocycles. The summed E-state index contributed by atoms with van der Waals surface area (Å²) >= 11 is 0. The van der Waals surface area contributed by atoms with Crippen molar-refractivity contribution < 1.29 is 9.90 Å². The number of carboxylic acids is 1. The minimum atomic E-state index is -0.877. The van der Waals surface area contributed by atoms with Crippen LogP contribution in [0.25, 0.3) is 0 Å². The summed E-state index contributed by atoms with van der Waals surface area (Å²) in [6.07, 6.45) is 9.37. The molecule has 0 aromatic heterocycles. The van der Waals surface area contributed by atoms with Crippen molar-refractivity contribution in [1.29, 1.82) is 0 Å². The summed E-state index contributed by atoms with van der Waals surface area (Å²) in [6.45, 7) is 3.79. The van der Waals surface area contributed by atoms with Gasteiger partial charge in [-0.1, -0.05) is 31.2 Å². The van der Waals surface area contributed by atoms with E-state index < -0.39 is 5.97 Å². The molecule has 0 atom stereocenters. The predicted molar refractivity (Wildman–Crippen MR) is 50.0 cm³/mol. The Kier molecular flexibility index (Phi) is 5.70. The van der Waals surface area contributed by atoms with Crippen molar-refractivity contribution in [3.63, 3.8) is 0 Å². The smallest absolute Gasteiger partial charge is 0.335 e. The third kappa shape index (κ3) is 4.50. The van der Waals surface area contributed by atoms with Gasteiger partial charge in [-0.05, 0) is 19.4 Å².